The lowest BCUT2D eigenvalue weighted by Crippen LogP contribution is -2.22. The van der Waals surface area contributed by atoms with Crippen molar-refractivity contribution in [3.8, 4) is 11.5 Å². The van der Waals surface area contributed by atoms with Crippen LogP contribution in [0.1, 0.15) is 11.1 Å². The molecular weight excluding hydrogens is 284 g/mol. The highest BCUT2D eigenvalue weighted by Gasteiger charge is 2.24. The Morgan fingerprint density at radius 3 is 2.35 bits per heavy atom. The van der Waals surface area contributed by atoms with Crippen molar-refractivity contribution in [3.05, 3.63) is 90.0 Å². The molecule has 0 bridgehead atoms. The van der Waals surface area contributed by atoms with Crippen LogP contribution in [0.15, 0.2) is 78.9 Å². The minimum Gasteiger partial charge on any atom is -0.457 e. The molecule has 3 nitrogen and oxygen atoms in total. The van der Waals surface area contributed by atoms with Crippen molar-refractivity contribution in [3.63, 3.8) is 0 Å². The van der Waals surface area contributed by atoms with Gasteiger partial charge < -0.3 is 9.64 Å². The molecular formula is C20H16N2O. The van der Waals surface area contributed by atoms with E-state index in [1.165, 1.54) is 5.56 Å². The van der Waals surface area contributed by atoms with E-state index in [1.54, 1.807) is 0 Å². The van der Waals surface area contributed by atoms with Gasteiger partial charge in [-0.2, -0.15) is 0 Å². The smallest absolute Gasteiger partial charge is 0.133 e. The summed E-state index contributed by atoms with van der Waals surface area (Å²) in [7, 11) is 0. The Morgan fingerprint density at radius 1 is 0.783 bits per heavy atom. The van der Waals surface area contributed by atoms with Crippen LogP contribution in [0.5, 0.6) is 11.5 Å². The second kappa shape index (κ2) is 5.61. The van der Waals surface area contributed by atoms with Gasteiger partial charge in [0, 0.05) is 17.3 Å². The standard InChI is InChI=1S/C20H16N2O/c21-20-19-12-5-4-7-15(19)14-22(20)16-8-6-11-18(13-16)23-17-9-2-1-3-10-17/h1-13,21H,14H2. The molecule has 1 N–H and O–H groups in total. The summed E-state index contributed by atoms with van der Waals surface area (Å²) in [5.74, 6) is 2.12. The maximum Gasteiger partial charge on any atom is 0.133 e. The Labute approximate surface area is 135 Å². The van der Waals surface area contributed by atoms with Crippen molar-refractivity contribution < 1.29 is 4.74 Å². The molecule has 0 unspecified atom stereocenters. The fourth-order valence-corrected chi connectivity index (χ4v) is 2.84. The summed E-state index contributed by atoms with van der Waals surface area (Å²) in [5.41, 5.74) is 3.16. The number of para-hydroxylation sites is 1. The van der Waals surface area contributed by atoms with Crippen molar-refractivity contribution in [2.75, 3.05) is 4.90 Å². The third-order valence-electron chi connectivity index (χ3n) is 3.98. The summed E-state index contributed by atoms with van der Waals surface area (Å²) in [6, 6.07) is 25.7. The first-order chi connectivity index (χ1) is 11.3. The van der Waals surface area contributed by atoms with Gasteiger partial charge in [-0.05, 0) is 29.8 Å². The van der Waals surface area contributed by atoms with Crippen LogP contribution >= 0.6 is 0 Å². The molecule has 23 heavy (non-hydrogen) atoms. The number of rotatable bonds is 3. The first kappa shape index (κ1) is 13.6. The lowest BCUT2D eigenvalue weighted by atomic mass is 10.1. The van der Waals surface area contributed by atoms with E-state index in [1.807, 2.05) is 77.7 Å². The number of nitrogens with zero attached hydrogens (tertiary/aromatic N) is 1. The van der Waals surface area contributed by atoms with Gasteiger partial charge in [0.1, 0.15) is 17.3 Å². The summed E-state index contributed by atoms with van der Waals surface area (Å²) >= 11 is 0. The second-order valence-corrected chi connectivity index (χ2v) is 5.50. The van der Waals surface area contributed by atoms with Crippen LogP contribution in [-0.4, -0.2) is 5.84 Å². The van der Waals surface area contributed by atoms with Crippen LogP contribution in [0.3, 0.4) is 0 Å². The van der Waals surface area contributed by atoms with Gasteiger partial charge in [-0.15, -0.1) is 0 Å². The zero-order valence-electron chi connectivity index (χ0n) is 12.6. The molecule has 4 rings (SSSR count). The molecule has 0 spiro atoms. The summed E-state index contributed by atoms with van der Waals surface area (Å²) < 4.78 is 5.89. The minimum atomic E-state index is 0.539. The van der Waals surface area contributed by atoms with Crippen LogP contribution in [-0.2, 0) is 6.54 Å². The maximum absolute atomic E-state index is 8.40. The highest BCUT2D eigenvalue weighted by atomic mass is 16.5. The van der Waals surface area contributed by atoms with Gasteiger partial charge in [0.2, 0.25) is 0 Å². The average Bonchev–Trinajstić information content (AvgIpc) is 2.93. The van der Waals surface area contributed by atoms with E-state index in [-0.39, 0.29) is 0 Å². The Balaban J connectivity index is 1.62. The summed E-state index contributed by atoms with van der Waals surface area (Å²) in [4.78, 5) is 2.00. The molecule has 0 saturated heterocycles. The number of hydrogen-bond donors (Lipinski definition) is 1. The van der Waals surface area contributed by atoms with Gasteiger partial charge in [-0.1, -0.05) is 48.5 Å². The fourth-order valence-electron chi connectivity index (χ4n) is 2.84. The van der Waals surface area contributed by atoms with E-state index < -0.39 is 0 Å². The number of nitrogens with one attached hydrogen (secondary N) is 1. The predicted molar refractivity (Wildman–Crippen MR) is 92.4 cm³/mol. The lowest BCUT2D eigenvalue weighted by Gasteiger charge is -2.19. The molecule has 0 aliphatic carbocycles. The molecule has 3 aromatic carbocycles. The van der Waals surface area contributed by atoms with Crippen molar-refractivity contribution in [2.45, 2.75) is 6.54 Å². The van der Waals surface area contributed by atoms with Gasteiger partial charge in [0.05, 0.1) is 6.54 Å². The van der Waals surface area contributed by atoms with E-state index in [2.05, 4.69) is 6.07 Å². The van der Waals surface area contributed by atoms with Crippen molar-refractivity contribution in [2.24, 2.45) is 0 Å². The second-order valence-electron chi connectivity index (χ2n) is 5.50. The Bertz CT molecular complexity index is 858. The van der Waals surface area contributed by atoms with Crippen LogP contribution in [0, 0.1) is 5.41 Å². The van der Waals surface area contributed by atoms with Gasteiger partial charge in [-0.3, -0.25) is 5.41 Å². The topological polar surface area (TPSA) is 36.3 Å². The Kier molecular flexibility index (Phi) is 3.31. The van der Waals surface area contributed by atoms with Gasteiger partial charge in [0.25, 0.3) is 0 Å². The summed E-state index contributed by atoms with van der Waals surface area (Å²) in [6.07, 6.45) is 0. The zero-order chi connectivity index (χ0) is 15.6. The summed E-state index contributed by atoms with van der Waals surface area (Å²) in [5, 5.41) is 8.40. The Hall–Kier alpha value is -3.07. The van der Waals surface area contributed by atoms with Gasteiger partial charge in [0.15, 0.2) is 0 Å². The van der Waals surface area contributed by atoms with Crippen LogP contribution < -0.4 is 9.64 Å². The molecule has 0 atom stereocenters. The first-order valence-corrected chi connectivity index (χ1v) is 7.58. The molecule has 0 amide bonds. The fraction of sp³-hybridized carbons (Fsp3) is 0.0500. The zero-order valence-corrected chi connectivity index (χ0v) is 12.6. The molecule has 3 aromatic rings. The van der Waals surface area contributed by atoms with Crippen molar-refractivity contribution >= 4 is 11.5 Å². The number of fused-ring (bicyclic) bond motifs is 1. The number of amidine groups is 1. The number of anilines is 1. The maximum atomic E-state index is 8.40. The highest BCUT2D eigenvalue weighted by molar-refractivity contribution is 6.11. The first-order valence-electron chi connectivity index (χ1n) is 7.58. The Morgan fingerprint density at radius 2 is 1.52 bits per heavy atom. The molecule has 1 aliphatic heterocycles. The van der Waals surface area contributed by atoms with E-state index in [0.717, 1.165) is 29.3 Å². The average molecular weight is 300 g/mol. The van der Waals surface area contributed by atoms with Crippen LogP contribution in [0.4, 0.5) is 5.69 Å². The molecule has 112 valence electrons. The van der Waals surface area contributed by atoms with E-state index in [4.69, 9.17) is 10.1 Å². The van der Waals surface area contributed by atoms with Crippen molar-refractivity contribution in [1.82, 2.24) is 0 Å². The molecule has 0 saturated carbocycles. The molecule has 0 fully saturated rings. The number of hydrogen-bond acceptors (Lipinski definition) is 2. The molecule has 0 aromatic heterocycles. The molecule has 3 heteroatoms. The quantitative estimate of drug-likeness (QED) is 0.752. The van der Waals surface area contributed by atoms with Gasteiger partial charge in [-0.25, -0.2) is 0 Å². The third-order valence-corrected chi connectivity index (χ3v) is 3.98. The number of ether oxygens (including phenoxy) is 1. The number of benzene rings is 3. The lowest BCUT2D eigenvalue weighted by molar-refractivity contribution is 0.483. The van der Waals surface area contributed by atoms with Crippen LogP contribution in [0.2, 0.25) is 0 Å². The monoisotopic (exact) mass is 300 g/mol. The molecule has 0 radical (unpaired) electrons. The highest BCUT2D eigenvalue weighted by Crippen LogP contribution is 2.31. The van der Waals surface area contributed by atoms with E-state index in [0.29, 0.717) is 5.84 Å². The van der Waals surface area contributed by atoms with Gasteiger partial charge >= 0.3 is 0 Å². The predicted octanol–water partition coefficient (Wildman–Crippen LogP) is 4.82. The van der Waals surface area contributed by atoms with Crippen LogP contribution in [0.25, 0.3) is 0 Å². The van der Waals surface area contributed by atoms with Crippen molar-refractivity contribution in [1.29, 1.82) is 5.41 Å². The SMILES string of the molecule is N=C1c2ccccc2CN1c1cccc(Oc2ccccc2)c1. The molecule has 1 heterocycles. The molecule has 1 aliphatic rings. The normalized spacial score (nSPS) is 13.0. The largest absolute Gasteiger partial charge is 0.457 e. The third kappa shape index (κ3) is 2.57. The van der Waals surface area contributed by atoms with E-state index >= 15 is 0 Å². The summed E-state index contributed by atoms with van der Waals surface area (Å²) in [6.45, 7) is 0.726. The minimum absolute atomic E-state index is 0.539. The van der Waals surface area contributed by atoms with E-state index in [9.17, 15) is 0 Å².